The minimum Gasteiger partial charge on any atom is -0.494 e. The molecule has 1 amide bonds. The molecule has 1 aliphatic heterocycles. The lowest BCUT2D eigenvalue weighted by molar-refractivity contribution is -0.0757. The summed E-state index contributed by atoms with van der Waals surface area (Å²) >= 11 is 0. The van der Waals surface area contributed by atoms with Crippen molar-refractivity contribution in [3.8, 4) is 5.75 Å². The van der Waals surface area contributed by atoms with Crippen molar-refractivity contribution in [1.29, 1.82) is 0 Å². The zero-order valence-corrected chi connectivity index (χ0v) is 15.5. The highest BCUT2D eigenvalue weighted by molar-refractivity contribution is 6.07. The van der Waals surface area contributed by atoms with Crippen molar-refractivity contribution in [3.05, 3.63) is 59.2 Å². The second-order valence-corrected chi connectivity index (χ2v) is 6.29. The van der Waals surface area contributed by atoms with Gasteiger partial charge in [-0.1, -0.05) is 13.3 Å². The summed E-state index contributed by atoms with van der Waals surface area (Å²) in [7, 11) is 3.07. The lowest BCUT2D eigenvalue weighted by Crippen LogP contribution is -2.25. The second kappa shape index (κ2) is 8.15. The topological polar surface area (TPSA) is 51.1 Å². The summed E-state index contributed by atoms with van der Waals surface area (Å²) in [5, 5.41) is 1.22. The van der Waals surface area contributed by atoms with Gasteiger partial charge >= 0.3 is 0 Å². The Morgan fingerprint density at radius 2 is 1.96 bits per heavy atom. The predicted octanol–water partition coefficient (Wildman–Crippen LogP) is 4.18. The van der Waals surface area contributed by atoms with E-state index in [1.807, 2.05) is 36.4 Å². The molecule has 2 aromatic rings. The van der Waals surface area contributed by atoms with Gasteiger partial charge in [0.15, 0.2) is 0 Å². The standard InChI is InChI=1S/C21H24N2O3/c1-4-5-12-26-18-9-6-15(7-10-18)20-14-17-13-16(8-11-19(17)22-20)21(24)23(2)25-3/h6-11,13H,4-5,12,14H2,1-3H3. The van der Waals surface area contributed by atoms with E-state index in [0.717, 1.165) is 47.7 Å². The Hall–Kier alpha value is -2.66. The third-order valence-corrected chi connectivity index (χ3v) is 4.45. The monoisotopic (exact) mass is 352 g/mol. The van der Waals surface area contributed by atoms with Gasteiger partial charge in [0, 0.05) is 19.0 Å². The molecule has 0 atom stereocenters. The highest BCUT2D eigenvalue weighted by Gasteiger charge is 2.19. The fourth-order valence-corrected chi connectivity index (χ4v) is 2.84. The van der Waals surface area contributed by atoms with Gasteiger partial charge in [0.05, 0.1) is 25.1 Å². The molecule has 0 aliphatic carbocycles. The van der Waals surface area contributed by atoms with Gasteiger partial charge in [0.1, 0.15) is 5.75 Å². The van der Waals surface area contributed by atoms with Crippen molar-refractivity contribution in [2.45, 2.75) is 26.2 Å². The molecule has 136 valence electrons. The number of fused-ring (bicyclic) bond motifs is 1. The molecule has 0 unspecified atom stereocenters. The van der Waals surface area contributed by atoms with Crippen LogP contribution in [0.1, 0.15) is 41.3 Å². The van der Waals surface area contributed by atoms with Gasteiger partial charge in [0.25, 0.3) is 5.91 Å². The number of aliphatic imine (C=N–C) groups is 1. The number of nitrogens with zero attached hydrogens (tertiary/aromatic N) is 2. The summed E-state index contributed by atoms with van der Waals surface area (Å²) in [6.07, 6.45) is 2.89. The van der Waals surface area contributed by atoms with Gasteiger partial charge in [-0.15, -0.1) is 0 Å². The molecule has 5 nitrogen and oxygen atoms in total. The van der Waals surface area contributed by atoms with Gasteiger partial charge in [-0.25, -0.2) is 5.06 Å². The zero-order chi connectivity index (χ0) is 18.5. The van der Waals surface area contributed by atoms with Crippen LogP contribution in [0.25, 0.3) is 0 Å². The molecule has 0 spiro atoms. The van der Waals surface area contributed by atoms with Crippen molar-refractivity contribution in [3.63, 3.8) is 0 Å². The lowest BCUT2D eigenvalue weighted by atomic mass is 10.0. The van der Waals surface area contributed by atoms with Crippen LogP contribution in [-0.2, 0) is 11.3 Å². The molecule has 5 heteroatoms. The number of hydrogen-bond acceptors (Lipinski definition) is 4. The first-order valence-electron chi connectivity index (χ1n) is 8.88. The highest BCUT2D eigenvalue weighted by Crippen LogP contribution is 2.30. The molecule has 0 radical (unpaired) electrons. The molecular weight excluding hydrogens is 328 g/mol. The molecule has 0 saturated heterocycles. The average Bonchev–Trinajstić information content (AvgIpc) is 3.10. The molecule has 0 aromatic heterocycles. The maximum absolute atomic E-state index is 12.2. The summed E-state index contributed by atoms with van der Waals surface area (Å²) < 4.78 is 5.71. The van der Waals surface area contributed by atoms with Crippen LogP contribution < -0.4 is 4.74 Å². The van der Waals surface area contributed by atoms with Crippen LogP contribution in [0.4, 0.5) is 5.69 Å². The van der Waals surface area contributed by atoms with Crippen LogP contribution >= 0.6 is 0 Å². The molecule has 26 heavy (non-hydrogen) atoms. The number of hydrogen-bond donors (Lipinski definition) is 0. The van der Waals surface area contributed by atoms with E-state index >= 15 is 0 Å². The maximum atomic E-state index is 12.2. The van der Waals surface area contributed by atoms with E-state index in [4.69, 9.17) is 14.6 Å². The molecule has 2 aromatic carbocycles. The fraction of sp³-hybridized carbons (Fsp3) is 0.333. The largest absolute Gasteiger partial charge is 0.494 e. The molecule has 0 fully saturated rings. The van der Waals surface area contributed by atoms with Gasteiger partial charge in [-0.05, 0) is 60.0 Å². The minimum absolute atomic E-state index is 0.169. The second-order valence-electron chi connectivity index (χ2n) is 6.29. The Kier molecular flexibility index (Phi) is 5.68. The number of unbranched alkanes of at least 4 members (excludes halogenated alkanes) is 1. The smallest absolute Gasteiger partial charge is 0.277 e. The average molecular weight is 352 g/mol. The summed E-state index contributed by atoms with van der Waals surface area (Å²) in [4.78, 5) is 21.9. The molecule has 0 saturated carbocycles. The quantitative estimate of drug-likeness (QED) is 0.555. The van der Waals surface area contributed by atoms with Crippen LogP contribution in [0.3, 0.4) is 0 Å². The molecule has 3 rings (SSSR count). The van der Waals surface area contributed by atoms with E-state index in [0.29, 0.717) is 12.0 Å². The molecule has 0 bridgehead atoms. The number of carbonyl (C=O) groups is 1. The summed E-state index contributed by atoms with van der Waals surface area (Å²) in [5.41, 5.74) is 4.65. The Labute approximate surface area is 154 Å². The van der Waals surface area contributed by atoms with Crippen molar-refractivity contribution in [2.75, 3.05) is 20.8 Å². The molecular formula is C21H24N2O3. The number of carbonyl (C=O) groups excluding carboxylic acids is 1. The van der Waals surface area contributed by atoms with E-state index in [1.54, 1.807) is 13.1 Å². The zero-order valence-electron chi connectivity index (χ0n) is 15.5. The number of hydroxylamine groups is 2. The third kappa shape index (κ3) is 3.94. The van der Waals surface area contributed by atoms with Crippen LogP contribution in [-0.4, -0.2) is 37.4 Å². The van der Waals surface area contributed by atoms with Gasteiger partial charge in [0.2, 0.25) is 0 Å². The number of benzene rings is 2. The van der Waals surface area contributed by atoms with Crippen LogP contribution in [0.15, 0.2) is 47.5 Å². The van der Waals surface area contributed by atoms with Gasteiger partial charge in [-0.3, -0.25) is 14.6 Å². The van der Waals surface area contributed by atoms with E-state index in [2.05, 4.69) is 6.92 Å². The Balaban J connectivity index is 1.71. The Bertz CT molecular complexity index is 813. The lowest BCUT2D eigenvalue weighted by Gasteiger charge is -2.13. The van der Waals surface area contributed by atoms with E-state index in [1.165, 1.54) is 12.2 Å². The number of ether oxygens (including phenoxy) is 1. The summed E-state index contributed by atoms with van der Waals surface area (Å²) in [6, 6.07) is 13.6. The van der Waals surface area contributed by atoms with Crippen molar-refractivity contribution >= 4 is 17.3 Å². The van der Waals surface area contributed by atoms with E-state index in [-0.39, 0.29) is 5.91 Å². The Morgan fingerprint density at radius 1 is 1.19 bits per heavy atom. The van der Waals surface area contributed by atoms with Crippen LogP contribution in [0, 0.1) is 0 Å². The summed E-state index contributed by atoms with van der Waals surface area (Å²) in [5.74, 6) is 0.714. The first-order chi connectivity index (χ1) is 12.6. The number of rotatable bonds is 7. The third-order valence-electron chi connectivity index (χ3n) is 4.45. The normalized spacial score (nSPS) is 12.5. The predicted molar refractivity (Wildman–Crippen MR) is 102 cm³/mol. The van der Waals surface area contributed by atoms with Crippen molar-refractivity contribution in [1.82, 2.24) is 5.06 Å². The molecule has 1 aliphatic rings. The van der Waals surface area contributed by atoms with E-state index in [9.17, 15) is 4.79 Å². The van der Waals surface area contributed by atoms with Gasteiger partial charge in [-0.2, -0.15) is 0 Å². The minimum atomic E-state index is -0.169. The first kappa shape index (κ1) is 18.1. The van der Waals surface area contributed by atoms with Crippen LogP contribution in [0.2, 0.25) is 0 Å². The first-order valence-corrected chi connectivity index (χ1v) is 8.88. The highest BCUT2D eigenvalue weighted by atomic mass is 16.7. The van der Waals surface area contributed by atoms with Gasteiger partial charge < -0.3 is 4.74 Å². The molecule has 0 N–H and O–H groups in total. The van der Waals surface area contributed by atoms with E-state index < -0.39 is 0 Å². The summed E-state index contributed by atoms with van der Waals surface area (Å²) in [6.45, 7) is 2.89. The maximum Gasteiger partial charge on any atom is 0.277 e. The number of amides is 1. The fourth-order valence-electron chi connectivity index (χ4n) is 2.84. The SMILES string of the molecule is CCCCOc1ccc(C2=Nc3ccc(C(=O)N(C)OC)cc3C2)cc1. The van der Waals surface area contributed by atoms with Crippen molar-refractivity contribution in [2.24, 2.45) is 4.99 Å². The van der Waals surface area contributed by atoms with Crippen molar-refractivity contribution < 1.29 is 14.4 Å². The molecule has 1 heterocycles. The van der Waals surface area contributed by atoms with Crippen LogP contribution in [0.5, 0.6) is 5.75 Å². The Morgan fingerprint density at radius 3 is 2.65 bits per heavy atom.